The van der Waals surface area contributed by atoms with Gasteiger partial charge in [-0.2, -0.15) is 18.4 Å². The quantitative estimate of drug-likeness (QED) is 0.215. The third kappa shape index (κ3) is 7.82. The Kier molecular flexibility index (Phi) is 9.23. The lowest BCUT2D eigenvalue weighted by Gasteiger charge is -2.27. The van der Waals surface area contributed by atoms with Crippen LogP contribution in [0.3, 0.4) is 0 Å². The van der Waals surface area contributed by atoms with Gasteiger partial charge in [0.2, 0.25) is 0 Å². The molecule has 1 N–H and O–H groups in total. The van der Waals surface area contributed by atoms with Gasteiger partial charge < -0.3 is 14.8 Å². The Morgan fingerprint density at radius 1 is 1.05 bits per heavy atom. The molecule has 0 radical (unpaired) electrons. The highest BCUT2D eigenvalue weighted by atomic mass is 35.5. The molecule has 0 aliphatic heterocycles. The molecule has 200 valence electrons. The monoisotopic (exact) mass is 567 g/mol. The Morgan fingerprint density at radius 2 is 1.77 bits per heavy atom. The van der Waals surface area contributed by atoms with E-state index in [2.05, 4.69) is 16.4 Å². The molecule has 0 unspecified atom stereocenters. The normalized spacial score (nSPS) is 11.2. The van der Waals surface area contributed by atoms with Gasteiger partial charge in [0.25, 0.3) is 0 Å². The molecule has 0 saturated heterocycles. The van der Waals surface area contributed by atoms with Crippen molar-refractivity contribution < 1.29 is 13.2 Å². The van der Waals surface area contributed by atoms with Gasteiger partial charge in [0.1, 0.15) is 0 Å². The average Bonchev–Trinajstić information content (AvgIpc) is 3.36. The minimum absolute atomic E-state index is 0.000387. The van der Waals surface area contributed by atoms with E-state index < -0.39 is 11.7 Å². The van der Waals surface area contributed by atoms with E-state index >= 15 is 0 Å². The van der Waals surface area contributed by atoms with Crippen molar-refractivity contribution in [3.8, 4) is 6.07 Å². The van der Waals surface area contributed by atoms with Gasteiger partial charge in [0, 0.05) is 42.2 Å². The number of rotatable bonds is 9. The van der Waals surface area contributed by atoms with Crippen LogP contribution in [0.15, 0.2) is 85.3 Å². The van der Waals surface area contributed by atoms with E-state index in [1.54, 1.807) is 59.9 Å². The number of aryl methyl sites for hydroxylation is 1. The maximum absolute atomic E-state index is 13.7. The lowest BCUT2D eigenvalue weighted by Crippen LogP contribution is -2.36. The van der Waals surface area contributed by atoms with Gasteiger partial charge >= 0.3 is 6.18 Å². The molecule has 0 spiro atoms. The number of nitrogens with zero attached hydrogens (tertiary/aromatic N) is 4. The SMILES string of the molecule is N#Cc1ccc(Cn2cncc2CCCN(Cc2ccccc2C(F)(F)F)C(=S)Nc2ccc(Cl)cc2)cc1. The molecule has 0 aliphatic carbocycles. The van der Waals surface area contributed by atoms with Crippen LogP contribution in [0.1, 0.15) is 34.4 Å². The first kappa shape index (κ1) is 28.1. The molecule has 0 bridgehead atoms. The Morgan fingerprint density at radius 3 is 2.46 bits per heavy atom. The smallest absolute Gasteiger partial charge is 0.345 e. The summed E-state index contributed by atoms with van der Waals surface area (Å²) in [7, 11) is 0. The summed E-state index contributed by atoms with van der Waals surface area (Å²) in [5.41, 5.74) is 2.79. The van der Waals surface area contributed by atoms with Gasteiger partial charge in [0.05, 0.1) is 23.5 Å². The number of hydrogen-bond donors (Lipinski definition) is 1. The molecule has 5 nitrogen and oxygen atoms in total. The number of aromatic nitrogens is 2. The average molecular weight is 568 g/mol. The van der Waals surface area contributed by atoms with E-state index in [0.29, 0.717) is 47.3 Å². The zero-order chi connectivity index (χ0) is 27.8. The van der Waals surface area contributed by atoms with E-state index in [4.69, 9.17) is 29.1 Å². The van der Waals surface area contributed by atoms with Gasteiger partial charge in [-0.15, -0.1) is 0 Å². The van der Waals surface area contributed by atoms with Gasteiger partial charge in [0.15, 0.2) is 5.11 Å². The van der Waals surface area contributed by atoms with Gasteiger partial charge in [-0.25, -0.2) is 4.98 Å². The summed E-state index contributed by atoms with van der Waals surface area (Å²) in [5, 5.41) is 13.0. The molecule has 39 heavy (non-hydrogen) atoms. The highest BCUT2D eigenvalue weighted by molar-refractivity contribution is 7.80. The van der Waals surface area contributed by atoms with E-state index in [9.17, 15) is 13.2 Å². The van der Waals surface area contributed by atoms with E-state index in [-0.39, 0.29) is 12.1 Å². The second kappa shape index (κ2) is 12.8. The molecule has 1 heterocycles. The fourth-order valence-corrected chi connectivity index (χ4v) is 4.56. The second-order valence-corrected chi connectivity index (χ2v) is 9.76. The fourth-order valence-electron chi connectivity index (χ4n) is 4.16. The zero-order valence-corrected chi connectivity index (χ0v) is 22.4. The molecule has 0 saturated carbocycles. The lowest BCUT2D eigenvalue weighted by atomic mass is 10.1. The number of anilines is 1. The van der Waals surface area contributed by atoms with E-state index in [1.807, 2.05) is 16.7 Å². The standard InChI is InChI=1S/C29H25ClF3N5S/c30-24-11-13-25(14-12-24)36-28(39)37(19-23-4-1-2-6-27(23)29(31,32)33)15-3-5-26-17-35-20-38(26)18-22-9-7-21(16-34)8-10-22/h1-2,4,6-14,17,20H,3,5,15,18-19H2,(H,36,39). The first-order valence-electron chi connectivity index (χ1n) is 12.2. The molecule has 10 heteroatoms. The van der Waals surface area contributed by atoms with Crippen LogP contribution in [0.5, 0.6) is 0 Å². The van der Waals surface area contributed by atoms with E-state index in [1.165, 1.54) is 12.1 Å². The van der Waals surface area contributed by atoms with Crippen LogP contribution in [-0.4, -0.2) is 26.1 Å². The maximum atomic E-state index is 13.7. The minimum atomic E-state index is -4.47. The number of imidazole rings is 1. The molecular weight excluding hydrogens is 543 g/mol. The van der Waals surface area contributed by atoms with Crippen LogP contribution in [0, 0.1) is 11.3 Å². The molecule has 3 aromatic carbocycles. The van der Waals surface area contributed by atoms with Crippen molar-refractivity contribution in [2.24, 2.45) is 0 Å². The summed E-state index contributed by atoms with van der Waals surface area (Å²) >= 11 is 11.6. The Hall–Kier alpha value is -3.87. The van der Waals surface area contributed by atoms with Gasteiger partial charge in [-0.3, -0.25) is 0 Å². The van der Waals surface area contributed by atoms with Crippen molar-refractivity contribution in [1.82, 2.24) is 14.5 Å². The van der Waals surface area contributed by atoms with Crippen LogP contribution in [-0.2, 0) is 25.7 Å². The second-order valence-electron chi connectivity index (χ2n) is 8.94. The fraction of sp³-hybridized carbons (Fsp3) is 0.207. The molecule has 0 atom stereocenters. The highest BCUT2D eigenvalue weighted by Crippen LogP contribution is 2.32. The van der Waals surface area contributed by atoms with Crippen molar-refractivity contribution in [2.75, 3.05) is 11.9 Å². The number of nitriles is 1. The van der Waals surface area contributed by atoms with Crippen molar-refractivity contribution >= 4 is 34.6 Å². The first-order chi connectivity index (χ1) is 18.7. The zero-order valence-electron chi connectivity index (χ0n) is 20.8. The number of nitrogens with one attached hydrogen (secondary N) is 1. The van der Waals surface area contributed by atoms with E-state index in [0.717, 1.165) is 17.3 Å². The Bertz CT molecular complexity index is 1440. The molecule has 4 aromatic rings. The molecular formula is C29H25ClF3N5S. The molecule has 0 aliphatic rings. The summed E-state index contributed by atoms with van der Waals surface area (Å²) in [6, 6.07) is 22.0. The Balaban J connectivity index is 1.47. The number of hydrogen-bond acceptors (Lipinski definition) is 3. The van der Waals surface area contributed by atoms with Crippen LogP contribution < -0.4 is 5.32 Å². The van der Waals surface area contributed by atoms with Crippen LogP contribution in [0.2, 0.25) is 5.02 Å². The summed E-state index contributed by atoms with van der Waals surface area (Å²) in [5.74, 6) is 0. The minimum Gasteiger partial charge on any atom is -0.345 e. The van der Waals surface area contributed by atoms with Gasteiger partial charge in [-0.1, -0.05) is 41.9 Å². The lowest BCUT2D eigenvalue weighted by molar-refractivity contribution is -0.138. The molecule has 1 aromatic heterocycles. The highest BCUT2D eigenvalue weighted by Gasteiger charge is 2.33. The summed E-state index contributed by atoms with van der Waals surface area (Å²) in [4.78, 5) is 6.02. The van der Waals surface area contributed by atoms with Crippen LogP contribution in [0.25, 0.3) is 0 Å². The van der Waals surface area contributed by atoms with Crippen molar-refractivity contribution in [1.29, 1.82) is 5.26 Å². The predicted molar refractivity (Wildman–Crippen MR) is 150 cm³/mol. The van der Waals surface area contributed by atoms with Gasteiger partial charge in [-0.05, 0) is 78.7 Å². The molecule has 4 rings (SSSR count). The topological polar surface area (TPSA) is 56.9 Å². The number of alkyl halides is 3. The number of halogens is 4. The van der Waals surface area contributed by atoms with Crippen LogP contribution >= 0.6 is 23.8 Å². The molecule has 0 amide bonds. The first-order valence-corrected chi connectivity index (χ1v) is 13.0. The number of benzene rings is 3. The summed E-state index contributed by atoms with van der Waals surface area (Å²) < 4.78 is 43.1. The Labute approximate surface area is 235 Å². The maximum Gasteiger partial charge on any atom is 0.416 e. The van der Waals surface area contributed by atoms with Crippen LogP contribution in [0.4, 0.5) is 18.9 Å². The van der Waals surface area contributed by atoms with Crippen molar-refractivity contribution in [3.63, 3.8) is 0 Å². The van der Waals surface area contributed by atoms with Crippen molar-refractivity contribution in [3.05, 3.63) is 118 Å². The summed E-state index contributed by atoms with van der Waals surface area (Å²) in [6.45, 7) is 1.02. The number of thiocarbonyl (C=S) groups is 1. The predicted octanol–water partition coefficient (Wildman–Crippen LogP) is 7.31. The van der Waals surface area contributed by atoms with Crippen molar-refractivity contribution in [2.45, 2.75) is 32.1 Å². The third-order valence-electron chi connectivity index (χ3n) is 6.16. The molecule has 0 fully saturated rings. The third-order valence-corrected chi connectivity index (χ3v) is 6.77. The largest absolute Gasteiger partial charge is 0.416 e. The summed E-state index contributed by atoms with van der Waals surface area (Å²) in [6.07, 6.45) is 0.354.